The number of hydrogen-bond donors (Lipinski definition) is 2. The summed E-state index contributed by atoms with van der Waals surface area (Å²) in [5.41, 5.74) is 0.944. The fourth-order valence-corrected chi connectivity index (χ4v) is 2.84. The van der Waals surface area contributed by atoms with Crippen molar-refractivity contribution in [2.75, 3.05) is 0 Å². The molecule has 0 aliphatic carbocycles. The Labute approximate surface area is 137 Å². The summed E-state index contributed by atoms with van der Waals surface area (Å²) < 4.78 is 14.2. The summed E-state index contributed by atoms with van der Waals surface area (Å²) in [6, 6.07) is 4.63. The third-order valence-corrected chi connectivity index (χ3v) is 3.82. The van der Waals surface area contributed by atoms with Gasteiger partial charge in [-0.2, -0.15) is 0 Å². The number of carbonyl (C=O) groups excluding carboxylic acids is 1. The molecule has 23 heavy (non-hydrogen) atoms. The normalized spacial score (nSPS) is 14.2. The van der Waals surface area contributed by atoms with Gasteiger partial charge in [0.15, 0.2) is 5.78 Å². The summed E-state index contributed by atoms with van der Waals surface area (Å²) >= 11 is 0. The number of H-pyrrole nitrogens is 1. The molecule has 0 aliphatic rings. The van der Waals surface area contributed by atoms with E-state index in [9.17, 15) is 9.18 Å². The van der Waals surface area contributed by atoms with Gasteiger partial charge in [-0.1, -0.05) is 26.8 Å². The van der Waals surface area contributed by atoms with E-state index in [1.807, 2.05) is 47.6 Å². The van der Waals surface area contributed by atoms with Crippen LogP contribution in [0.15, 0.2) is 24.4 Å². The van der Waals surface area contributed by atoms with Gasteiger partial charge < -0.3 is 10.3 Å². The van der Waals surface area contributed by atoms with Crippen LogP contribution in [0.5, 0.6) is 0 Å². The lowest BCUT2D eigenvalue weighted by Crippen LogP contribution is -2.51. The maximum absolute atomic E-state index is 14.2. The van der Waals surface area contributed by atoms with E-state index in [1.165, 1.54) is 6.07 Å². The number of fused-ring (bicyclic) bond motifs is 1. The van der Waals surface area contributed by atoms with E-state index in [1.54, 1.807) is 12.3 Å². The fraction of sp³-hybridized carbons (Fsp3) is 0.526. The standard InChI is InChI=1S/C19H27FN2O/c1-18(2,3)17(23)15(22-19(4,5)6)10-12-11-21-14-9-7-8-13(20)16(12)14/h7-9,11,15,21-22H,10H2,1-6H3/t15-/m0/s1. The third-order valence-electron chi connectivity index (χ3n) is 3.82. The van der Waals surface area contributed by atoms with E-state index in [0.717, 1.165) is 11.1 Å². The van der Waals surface area contributed by atoms with Gasteiger partial charge in [0.25, 0.3) is 0 Å². The van der Waals surface area contributed by atoms with Crippen molar-refractivity contribution in [1.29, 1.82) is 0 Å². The largest absolute Gasteiger partial charge is 0.361 e. The number of halogens is 1. The summed E-state index contributed by atoms with van der Waals surface area (Å²) in [7, 11) is 0. The number of Topliss-reactive ketones (excluding diaryl/α,β-unsaturated/α-hetero) is 1. The van der Waals surface area contributed by atoms with Crippen LogP contribution in [0.25, 0.3) is 10.9 Å². The van der Waals surface area contributed by atoms with Gasteiger partial charge in [-0.3, -0.25) is 4.79 Å². The molecular weight excluding hydrogens is 291 g/mol. The molecule has 1 atom stereocenters. The van der Waals surface area contributed by atoms with Gasteiger partial charge in [0, 0.05) is 28.1 Å². The molecule has 0 amide bonds. The van der Waals surface area contributed by atoms with Crippen LogP contribution in [0.4, 0.5) is 4.39 Å². The van der Waals surface area contributed by atoms with E-state index >= 15 is 0 Å². The molecule has 0 fully saturated rings. The number of benzene rings is 1. The molecule has 0 saturated carbocycles. The van der Waals surface area contributed by atoms with E-state index in [-0.39, 0.29) is 23.2 Å². The monoisotopic (exact) mass is 318 g/mol. The molecule has 0 saturated heterocycles. The molecule has 0 bridgehead atoms. The quantitative estimate of drug-likeness (QED) is 0.886. The number of aromatic nitrogens is 1. The van der Waals surface area contributed by atoms with Crippen molar-refractivity contribution in [1.82, 2.24) is 10.3 Å². The SMILES string of the molecule is CC(C)(C)N[C@@H](Cc1c[nH]c2cccc(F)c12)C(=O)C(C)(C)C. The molecule has 2 aromatic rings. The highest BCUT2D eigenvalue weighted by Crippen LogP contribution is 2.26. The lowest BCUT2D eigenvalue weighted by molar-refractivity contribution is -0.128. The van der Waals surface area contributed by atoms with Gasteiger partial charge in [-0.25, -0.2) is 4.39 Å². The lowest BCUT2D eigenvalue weighted by Gasteiger charge is -2.31. The first kappa shape index (κ1) is 17.7. The van der Waals surface area contributed by atoms with E-state index in [0.29, 0.717) is 11.8 Å². The van der Waals surface area contributed by atoms with Crippen molar-refractivity contribution in [3.05, 3.63) is 35.8 Å². The average Bonchev–Trinajstić information content (AvgIpc) is 2.79. The Morgan fingerprint density at radius 3 is 2.43 bits per heavy atom. The van der Waals surface area contributed by atoms with Gasteiger partial charge in [0.1, 0.15) is 5.82 Å². The minimum Gasteiger partial charge on any atom is -0.361 e. The fourth-order valence-electron chi connectivity index (χ4n) is 2.84. The Morgan fingerprint density at radius 1 is 1.22 bits per heavy atom. The van der Waals surface area contributed by atoms with Gasteiger partial charge in [0.2, 0.25) is 0 Å². The lowest BCUT2D eigenvalue weighted by atomic mass is 9.83. The Balaban J connectivity index is 2.38. The Morgan fingerprint density at radius 2 is 1.87 bits per heavy atom. The summed E-state index contributed by atoms with van der Waals surface area (Å²) in [6.45, 7) is 11.9. The Hall–Kier alpha value is -1.68. The van der Waals surface area contributed by atoms with Crippen molar-refractivity contribution < 1.29 is 9.18 Å². The van der Waals surface area contributed by atoms with Crippen LogP contribution in [-0.4, -0.2) is 22.3 Å². The summed E-state index contributed by atoms with van der Waals surface area (Å²) in [5, 5.41) is 3.98. The number of nitrogens with one attached hydrogen (secondary N) is 2. The number of rotatable bonds is 4. The second-order valence-corrected chi connectivity index (χ2v) is 8.24. The molecule has 4 heteroatoms. The highest BCUT2D eigenvalue weighted by Gasteiger charge is 2.32. The van der Waals surface area contributed by atoms with Crippen LogP contribution in [0.2, 0.25) is 0 Å². The second kappa shape index (κ2) is 6.08. The zero-order valence-electron chi connectivity index (χ0n) is 14.9. The Kier molecular flexibility index (Phi) is 4.67. The minimum atomic E-state index is -0.451. The molecule has 0 radical (unpaired) electrons. The molecule has 126 valence electrons. The Bertz CT molecular complexity index is 704. The zero-order chi connectivity index (χ0) is 17.4. The number of aromatic amines is 1. The predicted octanol–water partition coefficient (Wildman–Crippen LogP) is 4.22. The highest BCUT2D eigenvalue weighted by molar-refractivity contribution is 5.90. The van der Waals surface area contributed by atoms with Gasteiger partial charge in [0.05, 0.1) is 6.04 Å². The third kappa shape index (κ3) is 4.20. The van der Waals surface area contributed by atoms with Crippen LogP contribution >= 0.6 is 0 Å². The number of carbonyl (C=O) groups is 1. The molecule has 1 aromatic carbocycles. The summed E-state index contributed by atoms with van der Waals surface area (Å²) in [5.74, 6) is -0.116. The molecule has 1 heterocycles. The van der Waals surface area contributed by atoms with Gasteiger partial charge in [-0.15, -0.1) is 0 Å². The molecule has 3 nitrogen and oxygen atoms in total. The first-order chi connectivity index (χ1) is 10.5. The minimum absolute atomic E-state index is 0.137. The topological polar surface area (TPSA) is 44.9 Å². The molecule has 0 spiro atoms. The highest BCUT2D eigenvalue weighted by atomic mass is 19.1. The molecule has 2 N–H and O–H groups in total. The maximum atomic E-state index is 14.2. The molecule has 0 unspecified atom stereocenters. The van der Waals surface area contributed by atoms with Crippen molar-refractivity contribution in [3.63, 3.8) is 0 Å². The number of ketones is 1. The van der Waals surface area contributed by atoms with Crippen molar-refractivity contribution in [2.45, 2.75) is 59.5 Å². The first-order valence-electron chi connectivity index (χ1n) is 8.05. The van der Waals surface area contributed by atoms with Crippen LogP contribution in [0.3, 0.4) is 0 Å². The first-order valence-corrected chi connectivity index (χ1v) is 8.05. The summed E-state index contributed by atoms with van der Waals surface area (Å²) in [6.07, 6.45) is 2.27. The average molecular weight is 318 g/mol. The maximum Gasteiger partial charge on any atom is 0.155 e. The van der Waals surface area contributed by atoms with E-state index < -0.39 is 5.41 Å². The van der Waals surface area contributed by atoms with Crippen molar-refractivity contribution >= 4 is 16.7 Å². The van der Waals surface area contributed by atoms with Gasteiger partial charge in [-0.05, 0) is 44.9 Å². The van der Waals surface area contributed by atoms with E-state index in [2.05, 4.69) is 10.3 Å². The molecule has 0 aliphatic heterocycles. The zero-order valence-corrected chi connectivity index (χ0v) is 14.9. The van der Waals surface area contributed by atoms with Gasteiger partial charge >= 0.3 is 0 Å². The smallest absolute Gasteiger partial charge is 0.155 e. The van der Waals surface area contributed by atoms with Crippen LogP contribution in [0, 0.1) is 11.2 Å². The molecule has 1 aromatic heterocycles. The van der Waals surface area contributed by atoms with Crippen molar-refractivity contribution in [2.24, 2.45) is 5.41 Å². The predicted molar refractivity (Wildman–Crippen MR) is 93.1 cm³/mol. The molecular formula is C19H27FN2O. The summed E-state index contributed by atoms with van der Waals surface area (Å²) in [4.78, 5) is 15.9. The van der Waals surface area contributed by atoms with Crippen molar-refractivity contribution in [3.8, 4) is 0 Å². The second-order valence-electron chi connectivity index (χ2n) is 8.24. The van der Waals surface area contributed by atoms with Crippen LogP contribution < -0.4 is 5.32 Å². The van der Waals surface area contributed by atoms with E-state index in [4.69, 9.17) is 0 Å². The van der Waals surface area contributed by atoms with Crippen LogP contribution in [0.1, 0.15) is 47.1 Å². The van der Waals surface area contributed by atoms with Crippen LogP contribution in [-0.2, 0) is 11.2 Å². The number of hydrogen-bond acceptors (Lipinski definition) is 2. The molecule has 2 rings (SSSR count).